The van der Waals surface area contributed by atoms with Crippen molar-refractivity contribution in [3.63, 3.8) is 0 Å². The van der Waals surface area contributed by atoms with Crippen LogP contribution in [0.2, 0.25) is 0 Å². The van der Waals surface area contributed by atoms with Gasteiger partial charge in [-0.05, 0) is 42.5 Å². The molecule has 130 valence electrons. The third-order valence-electron chi connectivity index (χ3n) is 4.73. The van der Waals surface area contributed by atoms with Gasteiger partial charge in [-0.15, -0.1) is 0 Å². The predicted octanol–water partition coefficient (Wildman–Crippen LogP) is 2.03. The summed E-state index contributed by atoms with van der Waals surface area (Å²) in [6.45, 7) is 2.22. The molecule has 0 bridgehead atoms. The van der Waals surface area contributed by atoms with E-state index in [2.05, 4.69) is 21.6 Å². The molecule has 0 saturated carbocycles. The molecule has 1 atom stereocenters. The SMILES string of the molecule is CC(=O)NCC1CN(c2ccc3c(c2)CCCc2cn[nH]c2-3)C(=O)O1. The van der Waals surface area contributed by atoms with E-state index in [0.29, 0.717) is 13.1 Å². The first-order valence-corrected chi connectivity index (χ1v) is 8.50. The highest BCUT2D eigenvalue weighted by atomic mass is 16.6. The molecule has 1 fully saturated rings. The molecule has 0 radical (unpaired) electrons. The number of carbonyl (C=O) groups excluding carboxylic acids is 2. The Bertz CT molecular complexity index is 829. The van der Waals surface area contributed by atoms with Crippen LogP contribution in [0.3, 0.4) is 0 Å². The molecule has 1 aliphatic heterocycles. The van der Waals surface area contributed by atoms with Crippen molar-refractivity contribution in [2.45, 2.75) is 32.3 Å². The van der Waals surface area contributed by atoms with Gasteiger partial charge in [-0.3, -0.25) is 14.8 Å². The van der Waals surface area contributed by atoms with E-state index in [1.807, 2.05) is 18.3 Å². The molecule has 25 heavy (non-hydrogen) atoms. The Balaban J connectivity index is 1.58. The molecule has 0 spiro atoms. The van der Waals surface area contributed by atoms with E-state index in [-0.39, 0.29) is 18.1 Å². The van der Waals surface area contributed by atoms with Crippen LogP contribution < -0.4 is 10.2 Å². The van der Waals surface area contributed by atoms with Crippen LogP contribution in [-0.4, -0.2) is 41.4 Å². The highest BCUT2D eigenvalue weighted by Gasteiger charge is 2.32. The summed E-state index contributed by atoms with van der Waals surface area (Å²) in [5, 5.41) is 9.94. The van der Waals surface area contributed by atoms with Gasteiger partial charge in [-0.2, -0.15) is 5.10 Å². The van der Waals surface area contributed by atoms with Gasteiger partial charge in [0.15, 0.2) is 0 Å². The molecule has 7 nitrogen and oxygen atoms in total. The molecule has 1 saturated heterocycles. The van der Waals surface area contributed by atoms with Gasteiger partial charge >= 0.3 is 6.09 Å². The fourth-order valence-electron chi connectivity index (χ4n) is 3.50. The number of carbonyl (C=O) groups is 2. The number of hydrogen-bond acceptors (Lipinski definition) is 4. The van der Waals surface area contributed by atoms with Crippen LogP contribution in [0.15, 0.2) is 24.4 Å². The Kier molecular flexibility index (Phi) is 3.91. The fraction of sp³-hybridized carbons (Fsp3) is 0.389. The maximum absolute atomic E-state index is 12.2. The number of anilines is 1. The number of cyclic esters (lactones) is 1. The van der Waals surface area contributed by atoms with Crippen molar-refractivity contribution in [2.24, 2.45) is 0 Å². The number of fused-ring (bicyclic) bond motifs is 3. The second-order valence-electron chi connectivity index (χ2n) is 6.52. The Hall–Kier alpha value is -2.83. The van der Waals surface area contributed by atoms with E-state index in [0.717, 1.165) is 36.2 Å². The van der Waals surface area contributed by atoms with E-state index < -0.39 is 0 Å². The number of aromatic nitrogens is 2. The average Bonchev–Trinajstić information content (AvgIpc) is 3.15. The largest absolute Gasteiger partial charge is 0.442 e. The molecule has 2 heterocycles. The third kappa shape index (κ3) is 2.97. The topological polar surface area (TPSA) is 87.3 Å². The van der Waals surface area contributed by atoms with E-state index >= 15 is 0 Å². The van der Waals surface area contributed by atoms with Crippen LogP contribution >= 0.6 is 0 Å². The van der Waals surface area contributed by atoms with Gasteiger partial charge in [0.05, 0.1) is 25.0 Å². The van der Waals surface area contributed by atoms with Crippen LogP contribution in [0.1, 0.15) is 24.5 Å². The second kappa shape index (κ2) is 6.23. The van der Waals surface area contributed by atoms with Crippen molar-refractivity contribution in [3.8, 4) is 11.3 Å². The summed E-state index contributed by atoms with van der Waals surface area (Å²) in [4.78, 5) is 24.9. The molecule has 1 aromatic heterocycles. The van der Waals surface area contributed by atoms with E-state index in [4.69, 9.17) is 4.74 Å². The molecule has 2 aromatic rings. The summed E-state index contributed by atoms with van der Waals surface area (Å²) in [6, 6.07) is 6.05. The molecular formula is C18H20N4O3. The Morgan fingerprint density at radius 2 is 2.24 bits per heavy atom. The number of amides is 2. The Labute approximate surface area is 145 Å². The molecule has 1 unspecified atom stereocenters. The van der Waals surface area contributed by atoms with Crippen LogP contribution in [0.5, 0.6) is 0 Å². The minimum atomic E-state index is -0.369. The van der Waals surface area contributed by atoms with E-state index in [1.54, 1.807) is 4.90 Å². The first kappa shape index (κ1) is 15.7. The first-order chi connectivity index (χ1) is 12.1. The highest BCUT2D eigenvalue weighted by molar-refractivity contribution is 5.90. The lowest BCUT2D eigenvalue weighted by Crippen LogP contribution is -2.33. The summed E-state index contributed by atoms with van der Waals surface area (Å²) in [5.74, 6) is -0.130. The van der Waals surface area contributed by atoms with Crippen LogP contribution in [0.4, 0.5) is 10.5 Å². The molecule has 2 amide bonds. The number of benzene rings is 1. The molecule has 1 aromatic carbocycles. The lowest BCUT2D eigenvalue weighted by atomic mass is 10.0. The van der Waals surface area contributed by atoms with Gasteiger partial charge in [0, 0.05) is 18.2 Å². The predicted molar refractivity (Wildman–Crippen MR) is 92.3 cm³/mol. The van der Waals surface area contributed by atoms with Gasteiger partial charge in [0.25, 0.3) is 0 Å². The zero-order valence-corrected chi connectivity index (χ0v) is 14.0. The average molecular weight is 340 g/mol. The number of rotatable bonds is 3. The van der Waals surface area contributed by atoms with Crippen LogP contribution in [0, 0.1) is 0 Å². The zero-order chi connectivity index (χ0) is 17.4. The maximum Gasteiger partial charge on any atom is 0.414 e. The molecule has 2 aliphatic rings. The quantitative estimate of drug-likeness (QED) is 0.895. The lowest BCUT2D eigenvalue weighted by molar-refractivity contribution is -0.119. The molecule has 2 N–H and O–H groups in total. The maximum atomic E-state index is 12.2. The summed E-state index contributed by atoms with van der Waals surface area (Å²) >= 11 is 0. The molecular weight excluding hydrogens is 320 g/mol. The van der Waals surface area contributed by atoms with E-state index in [9.17, 15) is 9.59 Å². The normalized spacial score (nSPS) is 19.0. The second-order valence-corrected chi connectivity index (χ2v) is 6.52. The van der Waals surface area contributed by atoms with Crippen molar-refractivity contribution in [1.29, 1.82) is 0 Å². The number of H-pyrrole nitrogens is 1. The van der Waals surface area contributed by atoms with Crippen LogP contribution in [-0.2, 0) is 22.4 Å². The van der Waals surface area contributed by atoms with Crippen molar-refractivity contribution in [2.75, 3.05) is 18.0 Å². The standard InChI is InChI=1S/C18H20N4O3/c1-11(23)19-9-15-10-22(18(24)25-15)14-5-6-16-12(7-14)3-2-4-13-8-20-21-17(13)16/h5-8,15H,2-4,9-10H2,1H3,(H,19,23)(H,20,21). The van der Waals surface area contributed by atoms with Gasteiger partial charge in [-0.25, -0.2) is 4.79 Å². The number of nitrogens with zero attached hydrogens (tertiary/aromatic N) is 2. The van der Waals surface area contributed by atoms with Crippen molar-refractivity contribution >= 4 is 17.7 Å². The number of aromatic amines is 1. The number of aryl methyl sites for hydroxylation is 2. The van der Waals surface area contributed by atoms with Gasteiger partial charge in [0.2, 0.25) is 5.91 Å². The van der Waals surface area contributed by atoms with Gasteiger partial charge < -0.3 is 10.1 Å². The van der Waals surface area contributed by atoms with Gasteiger partial charge in [-0.1, -0.05) is 6.07 Å². The van der Waals surface area contributed by atoms with Gasteiger partial charge in [0.1, 0.15) is 6.10 Å². The summed E-state index contributed by atoms with van der Waals surface area (Å²) in [5.41, 5.74) is 5.50. The van der Waals surface area contributed by atoms with E-state index in [1.165, 1.54) is 18.1 Å². The monoisotopic (exact) mass is 340 g/mol. The van der Waals surface area contributed by atoms with Crippen LogP contribution in [0.25, 0.3) is 11.3 Å². The Morgan fingerprint density at radius 3 is 3.08 bits per heavy atom. The highest BCUT2D eigenvalue weighted by Crippen LogP contribution is 2.34. The van der Waals surface area contributed by atoms with Crippen molar-refractivity contribution in [3.05, 3.63) is 35.5 Å². The Morgan fingerprint density at radius 1 is 1.40 bits per heavy atom. The summed E-state index contributed by atoms with van der Waals surface area (Å²) < 4.78 is 5.35. The first-order valence-electron chi connectivity index (χ1n) is 8.50. The number of hydrogen-bond donors (Lipinski definition) is 2. The molecule has 1 aliphatic carbocycles. The van der Waals surface area contributed by atoms with Crippen molar-refractivity contribution in [1.82, 2.24) is 15.5 Å². The fourth-order valence-corrected chi connectivity index (χ4v) is 3.50. The minimum Gasteiger partial charge on any atom is -0.442 e. The summed E-state index contributed by atoms with van der Waals surface area (Å²) in [6.07, 6.45) is 4.21. The molecule has 7 heteroatoms. The van der Waals surface area contributed by atoms with Crippen molar-refractivity contribution < 1.29 is 14.3 Å². The number of nitrogens with one attached hydrogen (secondary N) is 2. The summed E-state index contributed by atoms with van der Waals surface area (Å²) in [7, 11) is 0. The zero-order valence-electron chi connectivity index (χ0n) is 14.0. The smallest absolute Gasteiger partial charge is 0.414 e. The number of ether oxygens (including phenoxy) is 1. The third-order valence-corrected chi connectivity index (χ3v) is 4.73. The lowest BCUT2D eigenvalue weighted by Gasteiger charge is -2.16. The molecule has 4 rings (SSSR count). The minimum absolute atomic E-state index is 0.130.